The van der Waals surface area contributed by atoms with Crippen molar-refractivity contribution in [3.05, 3.63) is 29.3 Å². The molecule has 126 valence electrons. The summed E-state index contributed by atoms with van der Waals surface area (Å²) in [4.78, 5) is 23.6. The molecule has 1 saturated carbocycles. The van der Waals surface area contributed by atoms with Crippen molar-refractivity contribution in [1.29, 1.82) is 0 Å². The second kappa shape index (κ2) is 7.02. The molecule has 0 aliphatic heterocycles. The lowest BCUT2D eigenvalue weighted by Crippen LogP contribution is -2.56. The number of carboxylic acids is 1. The Balaban J connectivity index is 1.96. The summed E-state index contributed by atoms with van der Waals surface area (Å²) in [5.41, 5.74) is 1.41. The maximum Gasteiger partial charge on any atom is 0.308 e. The van der Waals surface area contributed by atoms with E-state index in [1.807, 2.05) is 39.0 Å². The number of carbonyl (C=O) groups is 2. The smallest absolute Gasteiger partial charge is 0.308 e. The summed E-state index contributed by atoms with van der Waals surface area (Å²) in [6, 6.07) is 5.78. The minimum Gasteiger partial charge on any atom is -0.484 e. The molecule has 0 saturated heterocycles. The van der Waals surface area contributed by atoms with Crippen LogP contribution in [-0.2, 0) is 9.59 Å². The third-order valence-corrected chi connectivity index (χ3v) is 4.62. The Kier molecular flexibility index (Phi) is 5.29. The maximum atomic E-state index is 12.2. The number of aliphatic carboxylic acids is 1. The number of carboxylic acid groups (broad SMARTS) is 1. The van der Waals surface area contributed by atoms with E-state index >= 15 is 0 Å². The average Bonchev–Trinajstić information content (AvgIpc) is 2.46. The van der Waals surface area contributed by atoms with Gasteiger partial charge in [-0.25, -0.2) is 0 Å². The summed E-state index contributed by atoms with van der Waals surface area (Å²) in [6.45, 7) is 5.65. The summed E-state index contributed by atoms with van der Waals surface area (Å²) in [6.07, 6.45) is 3.10. The molecular weight excluding hydrogens is 294 g/mol. The van der Waals surface area contributed by atoms with Crippen LogP contribution in [0.3, 0.4) is 0 Å². The largest absolute Gasteiger partial charge is 0.484 e. The number of amides is 1. The fourth-order valence-electron chi connectivity index (χ4n) is 3.34. The number of ether oxygens (including phenoxy) is 1. The molecule has 0 spiro atoms. The molecule has 0 heterocycles. The van der Waals surface area contributed by atoms with Crippen LogP contribution < -0.4 is 10.1 Å². The monoisotopic (exact) mass is 319 g/mol. The predicted octanol–water partition coefficient (Wildman–Crippen LogP) is 2.83. The Morgan fingerprint density at radius 3 is 2.74 bits per heavy atom. The Labute approximate surface area is 137 Å². The molecule has 5 nitrogen and oxygen atoms in total. The highest BCUT2D eigenvalue weighted by atomic mass is 16.5. The highest BCUT2D eigenvalue weighted by Crippen LogP contribution is 2.33. The van der Waals surface area contributed by atoms with Crippen LogP contribution in [0, 0.1) is 19.8 Å². The van der Waals surface area contributed by atoms with E-state index in [4.69, 9.17) is 4.74 Å². The van der Waals surface area contributed by atoms with E-state index in [-0.39, 0.29) is 12.5 Å². The molecule has 2 rings (SSSR count). The lowest BCUT2D eigenvalue weighted by atomic mass is 9.74. The molecule has 0 bridgehead atoms. The Bertz CT molecular complexity index is 599. The van der Waals surface area contributed by atoms with E-state index in [2.05, 4.69) is 5.32 Å². The van der Waals surface area contributed by atoms with E-state index in [1.165, 1.54) is 0 Å². The summed E-state index contributed by atoms with van der Waals surface area (Å²) < 4.78 is 5.58. The van der Waals surface area contributed by atoms with Crippen molar-refractivity contribution in [2.45, 2.75) is 52.0 Å². The molecule has 0 aromatic heterocycles. The number of nitrogens with one attached hydrogen (secondary N) is 1. The molecule has 5 heteroatoms. The fourth-order valence-corrected chi connectivity index (χ4v) is 3.34. The summed E-state index contributed by atoms with van der Waals surface area (Å²) in [5, 5.41) is 12.3. The zero-order chi connectivity index (χ0) is 17.0. The van der Waals surface area contributed by atoms with Crippen molar-refractivity contribution in [2.75, 3.05) is 6.61 Å². The van der Waals surface area contributed by atoms with Crippen LogP contribution in [0.1, 0.15) is 43.7 Å². The number of carbonyl (C=O) groups excluding carboxylic acids is 1. The normalized spacial score (nSPS) is 24.0. The first-order valence-electron chi connectivity index (χ1n) is 8.06. The second-order valence-corrected chi connectivity index (χ2v) is 6.66. The van der Waals surface area contributed by atoms with Gasteiger partial charge in [0.1, 0.15) is 5.75 Å². The number of aryl methyl sites for hydroxylation is 2. The van der Waals surface area contributed by atoms with Gasteiger partial charge in [-0.1, -0.05) is 30.5 Å². The molecule has 1 aliphatic rings. The van der Waals surface area contributed by atoms with E-state index in [0.717, 1.165) is 24.0 Å². The van der Waals surface area contributed by atoms with Crippen LogP contribution in [0.2, 0.25) is 0 Å². The minimum atomic E-state index is -0.845. The standard InChI is InChI=1S/C18H25NO4/c1-12-7-8-15(13(2)10-12)23-11-16(20)19-18(3)9-5-4-6-14(18)17(21)22/h7-8,10,14H,4-6,9,11H2,1-3H3,(H,19,20)(H,21,22). The van der Waals surface area contributed by atoms with Crippen LogP contribution in [0.5, 0.6) is 5.75 Å². The lowest BCUT2D eigenvalue weighted by Gasteiger charge is -2.39. The third kappa shape index (κ3) is 4.24. The molecule has 2 atom stereocenters. The van der Waals surface area contributed by atoms with Gasteiger partial charge in [0.2, 0.25) is 0 Å². The summed E-state index contributed by atoms with van der Waals surface area (Å²) in [7, 11) is 0. The van der Waals surface area contributed by atoms with Crippen molar-refractivity contribution < 1.29 is 19.4 Å². The molecular formula is C18H25NO4. The zero-order valence-electron chi connectivity index (χ0n) is 14.0. The van der Waals surface area contributed by atoms with Gasteiger partial charge in [-0.3, -0.25) is 9.59 Å². The van der Waals surface area contributed by atoms with E-state index in [9.17, 15) is 14.7 Å². The summed E-state index contributed by atoms with van der Waals surface area (Å²) in [5.74, 6) is -0.987. The average molecular weight is 319 g/mol. The van der Waals surface area contributed by atoms with Crippen molar-refractivity contribution in [3.63, 3.8) is 0 Å². The van der Waals surface area contributed by atoms with Gasteiger partial charge < -0.3 is 15.2 Å². The van der Waals surface area contributed by atoms with Crippen molar-refractivity contribution in [1.82, 2.24) is 5.32 Å². The van der Waals surface area contributed by atoms with Crippen LogP contribution >= 0.6 is 0 Å². The lowest BCUT2D eigenvalue weighted by molar-refractivity contribution is -0.146. The van der Waals surface area contributed by atoms with Crippen LogP contribution in [0.25, 0.3) is 0 Å². The highest BCUT2D eigenvalue weighted by Gasteiger charge is 2.42. The van der Waals surface area contributed by atoms with Gasteiger partial charge in [-0.2, -0.15) is 0 Å². The molecule has 1 aliphatic carbocycles. The molecule has 23 heavy (non-hydrogen) atoms. The van der Waals surface area contributed by atoms with E-state index in [0.29, 0.717) is 18.6 Å². The van der Waals surface area contributed by atoms with E-state index < -0.39 is 17.4 Å². The molecule has 1 aromatic carbocycles. The van der Waals surface area contributed by atoms with Gasteiger partial charge in [0.15, 0.2) is 6.61 Å². The fraction of sp³-hybridized carbons (Fsp3) is 0.556. The summed E-state index contributed by atoms with van der Waals surface area (Å²) >= 11 is 0. The maximum absolute atomic E-state index is 12.2. The highest BCUT2D eigenvalue weighted by molar-refractivity contribution is 5.80. The first-order valence-corrected chi connectivity index (χ1v) is 8.06. The molecule has 2 N–H and O–H groups in total. The van der Waals surface area contributed by atoms with Crippen LogP contribution in [0.4, 0.5) is 0 Å². The SMILES string of the molecule is Cc1ccc(OCC(=O)NC2(C)CCCCC2C(=O)O)c(C)c1. The van der Waals surface area contributed by atoms with Gasteiger partial charge in [0.25, 0.3) is 5.91 Å². The van der Waals surface area contributed by atoms with Gasteiger partial charge in [-0.15, -0.1) is 0 Å². The quantitative estimate of drug-likeness (QED) is 0.875. The van der Waals surface area contributed by atoms with Crippen LogP contribution in [-0.4, -0.2) is 29.1 Å². The first kappa shape index (κ1) is 17.3. The third-order valence-electron chi connectivity index (χ3n) is 4.62. The van der Waals surface area contributed by atoms with Crippen LogP contribution in [0.15, 0.2) is 18.2 Å². The number of benzene rings is 1. The van der Waals surface area contributed by atoms with Crippen molar-refractivity contribution in [2.24, 2.45) is 5.92 Å². The second-order valence-electron chi connectivity index (χ2n) is 6.66. The van der Waals surface area contributed by atoms with Gasteiger partial charge in [-0.05, 0) is 45.2 Å². The number of hydrogen-bond acceptors (Lipinski definition) is 3. The first-order chi connectivity index (χ1) is 10.8. The van der Waals surface area contributed by atoms with Gasteiger partial charge in [0.05, 0.1) is 11.5 Å². The van der Waals surface area contributed by atoms with Gasteiger partial charge >= 0.3 is 5.97 Å². The molecule has 1 amide bonds. The predicted molar refractivity (Wildman–Crippen MR) is 87.6 cm³/mol. The van der Waals surface area contributed by atoms with Gasteiger partial charge in [0, 0.05) is 0 Å². The number of rotatable bonds is 5. The molecule has 1 aromatic rings. The Hall–Kier alpha value is -2.04. The topological polar surface area (TPSA) is 75.6 Å². The van der Waals surface area contributed by atoms with Crippen molar-refractivity contribution >= 4 is 11.9 Å². The van der Waals surface area contributed by atoms with Crippen molar-refractivity contribution in [3.8, 4) is 5.75 Å². The molecule has 0 radical (unpaired) electrons. The zero-order valence-corrected chi connectivity index (χ0v) is 14.0. The Morgan fingerprint density at radius 1 is 1.35 bits per heavy atom. The number of hydrogen-bond donors (Lipinski definition) is 2. The van der Waals surface area contributed by atoms with E-state index in [1.54, 1.807) is 0 Å². The molecule has 1 fully saturated rings. The Morgan fingerprint density at radius 2 is 2.09 bits per heavy atom. The molecule has 2 unspecified atom stereocenters. The minimum absolute atomic E-state index is 0.105.